The van der Waals surface area contributed by atoms with Crippen LogP contribution in [-0.4, -0.2) is 23.6 Å². The van der Waals surface area contributed by atoms with Crippen LogP contribution in [0.5, 0.6) is 0 Å². The van der Waals surface area contributed by atoms with Gasteiger partial charge in [-0.25, -0.2) is 0 Å². The minimum absolute atomic E-state index is 0.136. The molecule has 0 aliphatic heterocycles. The summed E-state index contributed by atoms with van der Waals surface area (Å²) in [4.78, 5) is 52.0. The molecule has 0 unspecified atom stereocenters. The number of anilines is 4. The van der Waals surface area contributed by atoms with Crippen LogP contribution >= 0.6 is 0 Å². The van der Waals surface area contributed by atoms with Crippen molar-refractivity contribution >= 4 is 46.4 Å². The molecule has 1 rings (SSSR count). The quantitative estimate of drug-likeness (QED) is 0.0680. The van der Waals surface area contributed by atoms with E-state index in [0.29, 0.717) is 48.4 Å². The van der Waals surface area contributed by atoms with Crippen molar-refractivity contribution in [2.24, 2.45) is 0 Å². The lowest BCUT2D eigenvalue weighted by Gasteiger charge is -2.19. The lowest BCUT2D eigenvalue weighted by atomic mass is 10.1. The summed E-state index contributed by atoms with van der Waals surface area (Å²) in [6.45, 7) is 8.65. The SMILES string of the molecule is CCCCCCCC(=O)Nc1cc(NC(=O)CCCCCCC)c(NC(=O)CCCCCCC)cc1NC(=O)CCCCCCC. The Morgan fingerprint density at radius 2 is 0.543 bits per heavy atom. The predicted octanol–water partition coefficient (Wildman–Crippen LogP) is 10.9. The molecule has 0 atom stereocenters. The van der Waals surface area contributed by atoms with E-state index in [4.69, 9.17) is 0 Å². The molecule has 8 heteroatoms. The van der Waals surface area contributed by atoms with E-state index in [-0.39, 0.29) is 23.6 Å². The number of carbonyl (C=O) groups is 4. The molecule has 0 heterocycles. The molecule has 4 amide bonds. The van der Waals surface area contributed by atoms with Gasteiger partial charge in [0.15, 0.2) is 0 Å². The van der Waals surface area contributed by atoms with Gasteiger partial charge in [-0.3, -0.25) is 19.2 Å². The fraction of sp³-hybridized carbons (Fsp3) is 0.737. The van der Waals surface area contributed by atoms with Crippen LogP contribution in [0.15, 0.2) is 12.1 Å². The molecular weight excluding hydrogens is 576 g/mol. The fourth-order valence-corrected chi connectivity index (χ4v) is 5.42. The van der Waals surface area contributed by atoms with E-state index in [1.807, 2.05) is 0 Å². The molecule has 8 nitrogen and oxygen atoms in total. The summed E-state index contributed by atoms with van der Waals surface area (Å²) in [5, 5.41) is 12.0. The lowest BCUT2D eigenvalue weighted by Crippen LogP contribution is -2.20. The second-order valence-electron chi connectivity index (χ2n) is 12.8. The van der Waals surface area contributed by atoms with Crippen molar-refractivity contribution in [1.29, 1.82) is 0 Å². The summed E-state index contributed by atoms with van der Waals surface area (Å²) < 4.78 is 0. The minimum atomic E-state index is -0.136. The summed E-state index contributed by atoms with van der Waals surface area (Å²) in [5.41, 5.74) is 1.70. The summed E-state index contributed by atoms with van der Waals surface area (Å²) in [7, 11) is 0. The first-order valence-corrected chi connectivity index (χ1v) is 18.7. The molecule has 0 spiro atoms. The largest absolute Gasteiger partial charge is 0.324 e. The van der Waals surface area contributed by atoms with Crippen LogP contribution in [0, 0.1) is 0 Å². The Hall–Kier alpha value is -2.90. The number of amides is 4. The average Bonchev–Trinajstić information content (AvgIpc) is 3.02. The Morgan fingerprint density at radius 3 is 0.739 bits per heavy atom. The number of unbranched alkanes of at least 4 members (excludes halogenated alkanes) is 16. The van der Waals surface area contributed by atoms with Gasteiger partial charge in [0.1, 0.15) is 0 Å². The highest BCUT2D eigenvalue weighted by Gasteiger charge is 2.18. The van der Waals surface area contributed by atoms with Gasteiger partial charge in [-0.2, -0.15) is 0 Å². The maximum atomic E-state index is 13.0. The molecule has 262 valence electrons. The number of hydrogen-bond donors (Lipinski definition) is 4. The Balaban J connectivity index is 3.20. The monoisotopic (exact) mass is 643 g/mol. The van der Waals surface area contributed by atoms with Gasteiger partial charge in [-0.05, 0) is 37.8 Å². The first-order valence-electron chi connectivity index (χ1n) is 18.7. The zero-order valence-corrected chi connectivity index (χ0v) is 29.8. The van der Waals surface area contributed by atoms with Gasteiger partial charge >= 0.3 is 0 Å². The third-order valence-corrected chi connectivity index (χ3v) is 8.28. The van der Waals surface area contributed by atoms with Gasteiger partial charge in [0.05, 0.1) is 22.7 Å². The zero-order valence-electron chi connectivity index (χ0n) is 29.8. The first-order chi connectivity index (χ1) is 22.3. The average molecular weight is 643 g/mol. The summed E-state index contributed by atoms with van der Waals surface area (Å²) in [6.07, 6.45) is 22.3. The Kier molecular flexibility index (Phi) is 24.3. The van der Waals surface area contributed by atoms with Gasteiger partial charge in [0.2, 0.25) is 23.6 Å². The predicted molar refractivity (Wildman–Crippen MR) is 194 cm³/mol. The van der Waals surface area contributed by atoms with Crippen LogP contribution in [0.2, 0.25) is 0 Å². The van der Waals surface area contributed by atoms with Crippen molar-refractivity contribution in [1.82, 2.24) is 0 Å². The van der Waals surface area contributed by atoms with Crippen LogP contribution in [0.1, 0.15) is 182 Å². The second-order valence-corrected chi connectivity index (χ2v) is 12.8. The third-order valence-electron chi connectivity index (χ3n) is 8.28. The van der Waals surface area contributed by atoms with Crippen LogP contribution in [0.25, 0.3) is 0 Å². The Morgan fingerprint density at radius 1 is 0.348 bits per heavy atom. The van der Waals surface area contributed by atoms with Crippen LogP contribution < -0.4 is 21.3 Å². The van der Waals surface area contributed by atoms with E-state index in [1.54, 1.807) is 12.1 Å². The normalized spacial score (nSPS) is 10.9. The Labute approximate surface area is 280 Å². The number of carbonyl (C=O) groups excluding carboxylic acids is 4. The van der Waals surface area contributed by atoms with E-state index in [9.17, 15) is 19.2 Å². The van der Waals surface area contributed by atoms with Gasteiger partial charge < -0.3 is 21.3 Å². The third kappa shape index (κ3) is 20.3. The molecule has 0 aliphatic rings. The number of nitrogens with one attached hydrogen (secondary N) is 4. The Bertz CT molecular complexity index is 856. The van der Waals surface area contributed by atoms with Gasteiger partial charge in [0.25, 0.3) is 0 Å². The molecule has 1 aromatic carbocycles. The van der Waals surface area contributed by atoms with Crippen molar-refractivity contribution in [2.45, 2.75) is 182 Å². The maximum absolute atomic E-state index is 13.0. The molecule has 0 saturated carbocycles. The first kappa shape index (κ1) is 41.1. The highest BCUT2D eigenvalue weighted by atomic mass is 16.2. The minimum Gasteiger partial charge on any atom is -0.324 e. The smallest absolute Gasteiger partial charge is 0.224 e. The molecular formula is C38H66N4O4. The molecule has 0 radical (unpaired) electrons. The van der Waals surface area contributed by atoms with Crippen molar-refractivity contribution in [3.8, 4) is 0 Å². The molecule has 1 aromatic rings. The van der Waals surface area contributed by atoms with Gasteiger partial charge in [-0.1, -0.05) is 130 Å². The van der Waals surface area contributed by atoms with E-state index < -0.39 is 0 Å². The molecule has 46 heavy (non-hydrogen) atoms. The van der Waals surface area contributed by atoms with E-state index in [0.717, 1.165) is 128 Å². The van der Waals surface area contributed by atoms with Crippen molar-refractivity contribution < 1.29 is 19.2 Å². The fourth-order valence-electron chi connectivity index (χ4n) is 5.42. The number of benzene rings is 1. The molecule has 0 fully saturated rings. The van der Waals surface area contributed by atoms with Crippen molar-refractivity contribution in [3.63, 3.8) is 0 Å². The molecule has 0 saturated heterocycles. The van der Waals surface area contributed by atoms with E-state index in [1.165, 1.54) is 0 Å². The molecule has 0 aliphatic carbocycles. The van der Waals surface area contributed by atoms with Gasteiger partial charge in [0, 0.05) is 25.7 Å². The molecule has 4 N–H and O–H groups in total. The van der Waals surface area contributed by atoms with Crippen LogP contribution in [0.3, 0.4) is 0 Å². The van der Waals surface area contributed by atoms with Crippen LogP contribution in [0.4, 0.5) is 22.7 Å². The summed E-state index contributed by atoms with van der Waals surface area (Å²) in [5.74, 6) is -0.542. The molecule has 0 bridgehead atoms. The highest BCUT2D eigenvalue weighted by molar-refractivity contribution is 6.06. The lowest BCUT2D eigenvalue weighted by molar-refractivity contribution is -0.117. The maximum Gasteiger partial charge on any atom is 0.224 e. The van der Waals surface area contributed by atoms with E-state index in [2.05, 4.69) is 49.0 Å². The summed E-state index contributed by atoms with van der Waals surface area (Å²) >= 11 is 0. The molecule has 0 aromatic heterocycles. The van der Waals surface area contributed by atoms with Crippen molar-refractivity contribution in [3.05, 3.63) is 12.1 Å². The second kappa shape index (κ2) is 27.2. The van der Waals surface area contributed by atoms with Crippen molar-refractivity contribution in [2.75, 3.05) is 21.3 Å². The number of rotatable bonds is 28. The summed E-state index contributed by atoms with van der Waals surface area (Å²) in [6, 6.07) is 3.36. The zero-order chi connectivity index (χ0) is 33.8. The number of hydrogen-bond acceptors (Lipinski definition) is 4. The van der Waals surface area contributed by atoms with Gasteiger partial charge in [-0.15, -0.1) is 0 Å². The standard InChI is InChI=1S/C38H66N4O4/c1-5-9-13-17-21-25-35(43)39-31-29-33(41-37(45)27-23-19-15-11-7-3)34(42-38(46)28-24-20-16-12-8-4)30-32(31)40-36(44)26-22-18-14-10-6-2/h29-30H,5-28H2,1-4H3,(H,39,43)(H,40,44)(H,41,45)(H,42,46). The van der Waals surface area contributed by atoms with Crippen LogP contribution in [-0.2, 0) is 19.2 Å². The topological polar surface area (TPSA) is 116 Å². The highest BCUT2D eigenvalue weighted by Crippen LogP contribution is 2.35. The van der Waals surface area contributed by atoms with E-state index >= 15 is 0 Å².